The molecule has 2 heterocycles. The third-order valence-corrected chi connectivity index (χ3v) is 2.97. The van der Waals surface area contributed by atoms with Crippen molar-refractivity contribution in [1.29, 1.82) is 0 Å². The van der Waals surface area contributed by atoms with Crippen molar-refractivity contribution < 1.29 is 0 Å². The summed E-state index contributed by atoms with van der Waals surface area (Å²) in [5.74, 6) is 0. The average Bonchev–Trinajstić information content (AvgIpc) is 2.21. The molecule has 2 saturated heterocycles. The molecular weight excluding hydrogens is 148 g/mol. The minimum atomic E-state index is 0.735. The molecule has 0 amide bonds. The lowest BCUT2D eigenvalue weighted by atomic mass is 10.0. The van der Waals surface area contributed by atoms with Crippen LogP contribution in [0.3, 0.4) is 0 Å². The third-order valence-electron chi connectivity index (χ3n) is 2.97. The van der Waals surface area contributed by atoms with Gasteiger partial charge in [-0.2, -0.15) is 0 Å². The summed E-state index contributed by atoms with van der Waals surface area (Å²) in [4.78, 5) is 2.63. The van der Waals surface area contributed by atoms with Crippen LogP contribution in [0.1, 0.15) is 25.7 Å². The van der Waals surface area contributed by atoms with Crippen molar-refractivity contribution >= 4 is 0 Å². The summed E-state index contributed by atoms with van der Waals surface area (Å²) < 4.78 is 0. The van der Waals surface area contributed by atoms with E-state index in [-0.39, 0.29) is 0 Å². The molecule has 0 aromatic carbocycles. The highest BCUT2D eigenvalue weighted by atomic mass is 15.2. The highest BCUT2D eigenvalue weighted by molar-refractivity contribution is 4.91. The van der Waals surface area contributed by atoms with E-state index in [0.717, 1.165) is 6.04 Å². The van der Waals surface area contributed by atoms with Crippen LogP contribution in [0, 0.1) is 6.42 Å². The van der Waals surface area contributed by atoms with Crippen LogP contribution in [-0.4, -0.2) is 37.1 Å². The fraction of sp³-hybridized carbons (Fsp3) is 0.900. The standard InChI is InChI=1S/C10H19N2/c1-2-7-12(8-3-1)10-5-4-6-11-9-10/h5,10-11H,1-4,6-9H2. The fourth-order valence-electron chi connectivity index (χ4n) is 2.24. The zero-order chi connectivity index (χ0) is 8.23. The first-order valence-corrected chi connectivity index (χ1v) is 5.25. The third kappa shape index (κ3) is 1.99. The second kappa shape index (κ2) is 4.24. The van der Waals surface area contributed by atoms with Gasteiger partial charge in [-0.15, -0.1) is 0 Å². The molecule has 0 aliphatic carbocycles. The van der Waals surface area contributed by atoms with Gasteiger partial charge in [0, 0.05) is 12.6 Å². The number of hydrogen-bond donors (Lipinski definition) is 1. The lowest BCUT2D eigenvalue weighted by molar-refractivity contribution is 0.168. The Balaban J connectivity index is 1.80. The number of piperidine rings is 2. The molecule has 0 bridgehead atoms. The van der Waals surface area contributed by atoms with E-state index < -0.39 is 0 Å². The Hall–Kier alpha value is -0.0800. The van der Waals surface area contributed by atoms with Crippen LogP contribution in [0.5, 0.6) is 0 Å². The molecule has 1 atom stereocenters. The van der Waals surface area contributed by atoms with Crippen molar-refractivity contribution in [3.63, 3.8) is 0 Å². The zero-order valence-electron chi connectivity index (χ0n) is 7.76. The van der Waals surface area contributed by atoms with Crippen LogP contribution in [-0.2, 0) is 0 Å². The molecule has 12 heavy (non-hydrogen) atoms. The number of likely N-dealkylation sites (tertiary alicyclic amines) is 1. The normalized spacial score (nSPS) is 33.5. The zero-order valence-corrected chi connectivity index (χ0v) is 7.76. The van der Waals surface area contributed by atoms with Crippen molar-refractivity contribution in [1.82, 2.24) is 10.2 Å². The van der Waals surface area contributed by atoms with Crippen LogP contribution in [0.2, 0.25) is 0 Å². The molecule has 1 N–H and O–H groups in total. The van der Waals surface area contributed by atoms with Gasteiger partial charge in [0.05, 0.1) is 0 Å². The average molecular weight is 167 g/mol. The highest BCUT2D eigenvalue weighted by Gasteiger charge is 2.21. The Morgan fingerprint density at radius 2 is 2.00 bits per heavy atom. The molecule has 2 nitrogen and oxygen atoms in total. The summed E-state index contributed by atoms with van der Waals surface area (Å²) in [7, 11) is 0. The molecule has 2 aliphatic rings. The van der Waals surface area contributed by atoms with Gasteiger partial charge < -0.3 is 5.32 Å². The van der Waals surface area contributed by atoms with E-state index in [2.05, 4.69) is 16.6 Å². The van der Waals surface area contributed by atoms with Crippen molar-refractivity contribution in [2.45, 2.75) is 31.7 Å². The van der Waals surface area contributed by atoms with Crippen LogP contribution in [0.15, 0.2) is 0 Å². The van der Waals surface area contributed by atoms with E-state index in [1.54, 1.807) is 0 Å². The molecule has 69 valence electrons. The van der Waals surface area contributed by atoms with Crippen molar-refractivity contribution in [3.05, 3.63) is 6.42 Å². The summed E-state index contributed by atoms with van der Waals surface area (Å²) in [5, 5.41) is 3.46. The molecule has 0 aromatic rings. The van der Waals surface area contributed by atoms with E-state index in [4.69, 9.17) is 0 Å². The summed E-state index contributed by atoms with van der Waals surface area (Å²) in [6, 6.07) is 0.735. The second-order valence-electron chi connectivity index (χ2n) is 3.89. The summed E-state index contributed by atoms with van der Waals surface area (Å²) in [6.07, 6.45) is 7.99. The largest absolute Gasteiger partial charge is 0.315 e. The SMILES string of the molecule is [CH]1CCNCC1N1CCCCC1. The lowest BCUT2D eigenvalue weighted by Gasteiger charge is -2.36. The maximum Gasteiger partial charge on any atom is 0.0252 e. The maximum atomic E-state index is 3.46. The van der Waals surface area contributed by atoms with E-state index in [0.29, 0.717) is 0 Å². The lowest BCUT2D eigenvalue weighted by Crippen LogP contribution is -2.48. The van der Waals surface area contributed by atoms with Crippen molar-refractivity contribution in [3.8, 4) is 0 Å². The number of hydrogen-bond acceptors (Lipinski definition) is 2. The monoisotopic (exact) mass is 167 g/mol. The molecule has 0 spiro atoms. The summed E-state index contributed by atoms with van der Waals surface area (Å²) in [5.41, 5.74) is 0. The second-order valence-corrected chi connectivity index (χ2v) is 3.89. The van der Waals surface area contributed by atoms with Crippen molar-refractivity contribution in [2.24, 2.45) is 0 Å². The first kappa shape index (κ1) is 8.52. The molecule has 2 heteroatoms. The molecule has 0 saturated carbocycles. The first-order valence-electron chi connectivity index (χ1n) is 5.25. The van der Waals surface area contributed by atoms with E-state index in [1.165, 1.54) is 51.9 Å². The predicted octanol–water partition coefficient (Wildman–Crippen LogP) is 1.04. The molecule has 1 radical (unpaired) electrons. The van der Waals surface area contributed by atoms with Gasteiger partial charge in [0.1, 0.15) is 0 Å². The maximum absolute atomic E-state index is 3.46. The van der Waals surface area contributed by atoms with Gasteiger partial charge in [0.2, 0.25) is 0 Å². The van der Waals surface area contributed by atoms with E-state index in [9.17, 15) is 0 Å². The van der Waals surface area contributed by atoms with Crippen molar-refractivity contribution in [2.75, 3.05) is 26.2 Å². The fourth-order valence-corrected chi connectivity index (χ4v) is 2.24. The summed E-state index contributed by atoms with van der Waals surface area (Å²) >= 11 is 0. The van der Waals surface area contributed by atoms with E-state index in [1.807, 2.05) is 0 Å². The Kier molecular flexibility index (Phi) is 3.01. The minimum Gasteiger partial charge on any atom is -0.315 e. The van der Waals surface area contributed by atoms with Gasteiger partial charge in [-0.1, -0.05) is 6.42 Å². The molecular formula is C10H19N2. The Morgan fingerprint density at radius 1 is 1.17 bits per heavy atom. The number of nitrogens with one attached hydrogen (secondary N) is 1. The topological polar surface area (TPSA) is 15.3 Å². The smallest absolute Gasteiger partial charge is 0.0252 e. The minimum absolute atomic E-state index is 0.735. The molecule has 2 fully saturated rings. The van der Waals surface area contributed by atoms with E-state index >= 15 is 0 Å². The molecule has 1 unspecified atom stereocenters. The highest BCUT2D eigenvalue weighted by Crippen LogP contribution is 2.15. The predicted molar refractivity (Wildman–Crippen MR) is 51.0 cm³/mol. The Labute approximate surface area is 75.3 Å². The van der Waals surface area contributed by atoms with Crippen LogP contribution in [0.4, 0.5) is 0 Å². The van der Waals surface area contributed by atoms with Crippen LogP contribution < -0.4 is 5.32 Å². The number of rotatable bonds is 1. The Bertz CT molecular complexity index is 108. The number of nitrogens with zero attached hydrogens (tertiary/aromatic N) is 1. The molecule has 2 aliphatic heterocycles. The molecule has 0 aromatic heterocycles. The van der Waals surface area contributed by atoms with Gasteiger partial charge in [-0.3, -0.25) is 4.90 Å². The van der Waals surface area contributed by atoms with Gasteiger partial charge in [0.25, 0.3) is 0 Å². The van der Waals surface area contributed by atoms with Gasteiger partial charge in [-0.25, -0.2) is 0 Å². The van der Waals surface area contributed by atoms with Gasteiger partial charge in [-0.05, 0) is 45.3 Å². The Morgan fingerprint density at radius 3 is 2.67 bits per heavy atom. The van der Waals surface area contributed by atoms with Gasteiger partial charge >= 0.3 is 0 Å². The van der Waals surface area contributed by atoms with Gasteiger partial charge in [0.15, 0.2) is 0 Å². The van der Waals surface area contributed by atoms with Crippen LogP contribution in [0.25, 0.3) is 0 Å². The molecule has 2 rings (SSSR count). The first-order chi connectivity index (χ1) is 5.97. The summed E-state index contributed by atoms with van der Waals surface area (Å²) in [6.45, 7) is 5.01. The quantitative estimate of drug-likeness (QED) is 0.627. The van der Waals surface area contributed by atoms with Crippen LogP contribution >= 0.6 is 0 Å².